The van der Waals surface area contributed by atoms with Gasteiger partial charge in [0.1, 0.15) is 0 Å². The molecule has 0 atom stereocenters. The molecule has 0 aliphatic carbocycles. The zero-order chi connectivity index (χ0) is 20.5. The molecule has 0 rings (SSSR count). The smallest absolute Gasteiger partial charge is 0.161 e. The number of nitrogens with zero attached hydrogens (tertiary/aromatic N) is 3. The van der Waals surface area contributed by atoms with Crippen LogP contribution in [-0.2, 0) is 4.43 Å². The van der Waals surface area contributed by atoms with Gasteiger partial charge in [-0.25, -0.2) is 0 Å². The molecular weight excluding hydrogens is 350 g/mol. The van der Waals surface area contributed by atoms with E-state index in [1.165, 1.54) is 44.9 Å². The number of hydrogen-bond acceptors (Lipinski definition) is 4. The molecule has 0 fully saturated rings. The molecule has 0 aromatic heterocycles. The third-order valence-electron chi connectivity index (χ3n) is 6.00. The molecule has 0 saturated carbocycles. The summed E-state index contributed by atoms with van der Waals surface area (Å²) in [4.78, 5) is 7.94. The standard InChI is InChI=1S/C22H51N3OSi/c1-8-15-17-26-27-18-16-22(19-23(9-2)10-3,20-24(11-4)12-5)21-25(13-6)14-7/h8-21,27H2,1-7H3. The van der Waals surface area contributed by atoms with Gasteiger partial charge >= 0.3 is 0 Å². The highest BCUT2D eigenvalue weighted by molar-refractivity contribution is 6.27. The van der Waals surface area contributed by atoms with Crippen LogP contribution in [0.3, 0.4) is 0 Å². The first-order valence-electron chi connectivity index (χ1n) is 11.8. The molecule has 164 valence electrons. The lowest BCUT2D eigenvalue weighted by Gasteiger charge is -2.44. The Morgan fingerprint density at radius 1 is 0.667 bits per heavy atom. The van der Waals surface area contributed by atoms with Crippen LogP contribution in [0.15, 0.2) is 0 Å². The molecule has 0 aliphatic rings. The highest BCUT2D eigenvalue weighted by atomic mass is 28.2. The van der Waals surface area contributed by atoms with E-state index in [-0.39, 0.29) is 9.76 Å². The summed E-state index contributed by atoms with van der Waals surface area (Å²) in [5, 5.41) is 0. The second kappa shape index (κ2) is 17.0. The zero-order valence-corrected chi connectivity index (χ0v) is 21.3. The van der Waals surface area contributed by atoms with E-state index in [9.17, 15) is 0 Å². The van der Waals surface area contributed by atoms with Crippen LogP contribution in [0, 0.1) is 5.41 Å². The Morgan fingerprint density at radius 3 is 1.41 bits per heavy atom. The van der Waals surface area contributed by atoms with E-state index in [0.717, 1.165) is 45.9 Å². The van der Waals surface area contributed by atoms with Gasteiger partial charge in [-0.3, -0.25) is 0 Å². The van der Waals surface area contributed by atoms with Crippen LogP contribution in [0.2, 0.25) is 6.04 Å². The Balaban J connectivity index is 5.27. The lowest BCUT2D eigenvalue weighted by molar-refractivity contribution is 0.0585. The minimum atomic E-state index is -0.384. The van der Waals surface area contributed by atoms with Gasteiger partial charge in [0.2, 0.25) is 0 Å². The molecule has 0 saturated heterocycles. The average Bonchev–Trinajstić information content (AvgIpc) is 2.70. The Labute approximate surface area is 173 Å². The maximum atomic E-state index is 6.04. The first-order valence-corrected chi connectivity index (χ1v) is 13.4. The van der Waals surface area contributed by atoms with Crippen molar-refractivity contribution in [3.63, 3.8) is 0 Å². The van der Waals surface area contributed by atoms with E-state index in [1.807, 2.05) is 0 Å². The van der Waals surface area contributed by atoms with Crippen molar-refractivity contribution >= 4 is 9.76 Å². The van der Waals surface area contributed by atoms with Crippen molar-refractivity contribution in [1.29, 1.82) is 0 Å². The SMILES string of the molecule is CCCCO[SiH2]CCC(CN(CC)CC)(CN(CC)CC)CN(CC)CC. The molecule has 0 unspecified atom stereocenters. The van der Waals surface area contributed by atoms with Crippen LogP contribution >= 0.6 is 0 Å². The van der Waals surface area contributed by atoms with Crippen LogP contribution in [0.1, 0.15) is 67.7 Å². The minimum absolute atomic E-state index is 0.352. The normalized spacial score (nSPS) is 13.1. The summed E-state index contributed by atoms with van der Waals surface area (Å²) in [5.74, 6) is 0. The van der Waals surface area contributed by atoms with E-state index in [2.05, 4.69) is 63.2 Å². The van der Waals surface area contributed by atoms with E-state index >= 15 is 0 Å². The van der Waals surface area contributed by atoms with Crippen molar-refractivity contribution in [2.24, 2.45) is 5.41 Å². The molecule has 0 radical (unpaired) electrons. The van der Waals surface area contributed by atoms with Crippen molar-refractivity contribution in [2.75, 3.05) is 65.5 Å². The molecule has 0 aromatic rings. The molecule has 4 nitrogen and oxygen atoms in total. The van der Waals surface area contributed by atoms with Gasteiger partial charge in [-0.1, -0.05) is 54.9 Å². The third kappa shape index (κ3) is 11.6. The van der Waals surface area contributed by atoms with Crippen molar-refractivity contribution in [1.82, 2.24) is 14.7 Å². The third-order valence-corrected chi connectivity index (χ3v) is 7.22. The average molecular weight is 402 g/mol. The van der Waals surface area contributed by atoms with Crippen LogP contribution in [0.25, 0.3) is 0 Å². The van der Waals surface area contributed by atoms with Gasteiger partial charge in [0.25, 0.3) is 0 Å². The fraction of sp³-hybridized carbons (Fsp3) is 1.00. The van der Waals surface area contributed by atoms with Crippen molar-refractivity contribution in [3.8, 4) is 0 Å². The second-order valence-corrected chi connectivity index (χ2v) is 9.48. The topological polar surface area (TPSA) is 19.0 Å². The number of hydrogen-bond donors (Lipinski definition) is 0. The van der Waals surface area contributed by atoms with Gasteiger partial charge in [-0.05, 0) is 58.2 Å². The first kappa shape index (κ1) is 27.1. The monoisotopic (exact) mass is 401 g/mol. The molecule has 0 N–H and O–H groups in total. The predicted octanol–water partition coefficient (Wildman–Crippen LogP) is 3.71. The van der Waals surface area contributed by atoms with Crippen molar-refractivity contribution in [3.05, 3.63) is 0 Å². The largest absolute Gasteiger partial charge is 0.424 e. The fourth-order valence-corrected chi connectivity index (χ4v) is 5.56. The summed E-state index contributed by atoms with van der Waals surface area (Å²) in [6, 6.07) is 1.31. The van der Waals surface area contributed by atoms with Gasteiger partial charge in [-0.15, -0.1) is 0 Å². The Bertz CT molecular complexity index is 283. The number of rotatable bonds is 19. The van der Waals surface area contributed by atoms with Crippen LogP contribution in [-0.4, -0.2) is 90.0 Å². The Kier molecular flexibility index (Phi) is 17.0. The molecule has 27 heavy (non-hydrogen) atoms. The molecular formula is C22H51N3OSi. The Hall–Kier alpha value is 0.0569. The summed E-state index contributed by atoms with van der Waals surface area (Å²) in [5.41, 5.74) is 0.352. The Morgan fingerprint density at radius 2 is 1.07 bits per heavy atom. The van der Waals surface area contributed by atoms with E-state index in [1.54, 1.807) is 0 Å². The number of unbranched alkanes of at least 4 members (excludes halogenated alkanes) is 1. The molecule has 0 heterocycles. The summed E-state index contributed by atoms with van der Waals surface area (Å²) in [6.45, 7) is 27.7. The summed E-state index contributed by atoms with van der Waals surface area (Å²) in [6.07, 6.45) is 3.77. The van der Waals surface area contributed by atoms with Crippen molar-refractivity contribution < 1.29 is 4.43 Å². The summed E-state index contributed by atoms with van der Waals surface area (Å²) >= 11 is 0. The molecule has 0 aromatic carbocycles. The predicted molar refractivity (Wildman–Crippen MR) is 125 cm³/mol. The van der Waals surface area contributed by atoms with E-state index in [4.69, 9.17) is 4.43 Å². The molecule has 0 aliphatic heterocycles. The lowest BCUT2D eigenvalue weighted by Crippen LogP contribution is -2.52. The minimum Gasteiger partial charge on any atom is -0.424 e. The van der Waals surface area contributed by atoms with Gasteiger partial charge in [-0.2, -0.15) is 0 Å². The van der Waals surface area contributed by atoms with Gasteiger partial charge in [0.05, 0.1) is 0 Å². The maximum Gasteiger partial charge on any atom is 0.161 e. The van der Waals surface area contributed by atoms with Gasteiger partial charge < -0.3 is 19.1 Å². The summed E-state index contributed by atoms with van der Waals surface area (Å²) < 4.78 is 6.04. The van der Waals surface area contributed by atoms with E-state index < -0.39 is 0 Å². The quantitative estimate of drug-likeness (QED) is 0.243. The lowest BCUT2D eigenvalue weighted by atomic mass is 9.82. The molecule has 0 amide bonds. The second-order valence-electron chi connectivity index (χ2n) is 7.95. The van der Waals surface area contributed by atoms with E-state index in [0.29, 0.717) is 5.41 Å². The highest BCUT2D eigenvalue weighted by Crippen LogP contribution is 2.29. The van der Waals surface area contributed by atoms with Crippen LogP contribution < -0.4 is 0 Å². The fourth-order valence-electron chi connectivity index (χ4n) is 4.05. The highest BCUT2D eigenvalue weighted by Gasteiger charge is 2.34. The van der Waals surface area contributed by atoms with Gasteiger partial charge in [0, 0.05) is 31.7 Å². The van der Waals surface area contributed by atoms with Crippen molar-refractivity contribution in [2.45, 2.75) is 73.8 Å². The van der Waals surface area contributed by atoms with Crippen LogP contribution in [0.5, 0.6) is 0 Å². The molecule has 0 bridgehead atoms. The maximum absolute atomic E-state index is 6.04. The molecule has 5 heteroatoms. The van der Waals surface area contributed by atoms with Crippen LogP contribution in [0.4, 0.5) is 0 Å². The zero-order valence-electron chi connectivity index (χ0n) is 19.9. The summed E-state index contributed by atoms with van der Waals surface area (Å²) in [7, 11) is -0.384. The first-order chi connectivity index (χ1) is 13.0. The molecule has 0 spiro atoms. The van der Waals surface area contributed by atoms with Gasteiger partial charge in [0.15, 0.2) is 9.76 Å².